The van der Waals surface area contributed by atoms with Crippen LogP contribution in [0.15, 0.2) is 40.2 Å². The zero-order chi connectivity index (χ0) is 15.7. The van der Waals surface area contributed by atoms with Gasteiger partial charge in [0.15, 0.2) is 17.3 Å². The molecule has 0 radical (unpaired) electrons. The Morgan fingerprint density at radius 2 is 2.09 bits per heavy atom. The van der Waals surface area contributed by atoms with E-state index in [4.69, 9.17) is 9.47 Å². The van der Waals surface area contributed by atoms with Crippen molar-refractivity contribution < 1.29 is 13.9 Å². The lowest BCUT2D eigenvalue weighted by Gasteiger charge is -2.09. The summed E-state index contributed by atoms with van der Waals surface area (Å²) in [6.45, 7) is 2.20. The SMILES string of the molecule is CN=C(C)c1cc(F)c(=O)n(Cc2ccc3c(c2)OCO3)c1. The molecule has 0 unspecified atom stereocenters. The average Bonchev–Trinajstić information content (AvgIpc) is 2.98. The highest BCUT2D eigenvalue weighted by Gasteiger charge is 2.14. The molecule has 2 heterocycles. The van der Waals surface area contributed by atoms with E-state index < -0.39 is 11.4 Å². The maximum Gasteiger partial charge on any atom is 0.286 e. The number of fused-ring (bicyclic) bond motifs is 1. The van der Waals surface area contributed by atoms with E-state index in [-0.39, 0.29) is 13.3 Å². The molecule has 0 aliphatic carbocycles. The molecule has 0 saturated heterocycles. The molecule has 0 spiro atoms. The normalized spacial score (nSPS) is 13.5. The first-order valence-corrected chi connectivity index (χ1v) is 6.81. The molecule has 0 amide bonds. The number of ether oxygens (including phenoxy) is 2. The Morgan fingerprint density at radius 3 is 2.86 bits per heavy atom. The van der Waals surface area contributed by atoms with Crippen LogP contribution in [-0.4, -0.2) is 24.1 Å². The molecular weight excluding hydrogens is 287 g/mol. The van der Waals surface area contributed by atoms with Crippen molar-refractivity contribution in [3.05, 3.63) is 57.8 Å². The molecular formula is C16H15FN2O3. The third kappa shape index (κ3) is 2.59. The van der Waals surface area contributed by atoms with Gasteiger partial charge in [-0.05, 0) is 30.7 Å². The first kappa shape index (κ1) is 14.3. The highest BCUT2D eigenvalue weighted by Crippen LogP contribution is 2.32. The predicted molar refractivity (Wildman–Crippen MR) is 80.5 cm³/mol. The van der Waals surface area contributed by atoms with E-state index in [1.165, 1.54) is 10.6 Å². The van der Waals surface area contributed by atoms with Crippen molar-refractivity contribution in [1.29, 1.82) is 0 Å². The summed E-state index contributed by atoms with van der Waals surface area (Å²) >= 11 is 0. The van der Waals surface area contributed by atoms with Gasteiger partial charge >= 0.3 is 0 Å². The van der Waals surface area contributed by atoms with E-state index in [2.05, 4.69) is 4.99 Å². The van der Waals surface area contributed by atoms with Crippen molar-refractivity contribution in [3.8, 4) is 11.5 Å². The summed E-state index contributed by atoms with van der Waals surface area (Å²) in [6, 6.07) is 6.61. The molecule has 1 aromatic carbocycles. The van der Waals surface area contributed by atoms with E-state index >= 15 is 0 Å². The molecule has 0 N–H and O–H groups in total. The monoisotopic (exact) mass is 302 g/mol. The van der Waals surface area contributed by atoms with E-state index in [1.54, 1.807) is 32.3 Å². The fourth-order valence-corrected chi connectivity index (χ4v) is 2.28. The summed E-state index contributed by atoms with van der Waals surface area (Å²) in [7, 11) is 1.63. The third-order valence-corrected chi connectivity index (χ3v) is 3.59. The largest absolute Gasteiger partial charge is 0.454 e. The Kier molecular flexibility index (Phi) is 3.66. The van der Waals surface area contributed by atoms with Crippen molar-refractivity contribution in [3.63, 3.8) is 0 Å². The summed E-state index contributed by atoms with van der Waals surface area (Å²) in [5, 5.41) is 0. The fourth-order valence-electron chi connectivity index (χ4n) is 2.28. The van der Waals surface area contributed by atoms with Crippen LogP contribution in [0.4, 0.5) is 4.39 Å². The van der Waals surface area contributed by atoms with Gasteiger partial charge in [-0.3, -0.25) is 9.79 Å². The third-order valence-electron chi connectivity index (χ3n) is 3.59. The fraction of sp³-hybridized carbons (Fsp3) is 0.250. The number of halogens is 1. The minimum absolute atomic E-state index is 0.189. The van der Waals surface area contributed by atoms with Crippen LogP contribution in [0.1, 0.15) is 18.1 Å². The highest BCUT2D eigenvalue weighted by molar-refractivity contribution is 5.98. The molecule has 0 atom stereocenters. The number of nitrogens with zero attached hydrogens (tertiary/aromatic N) is 2. The van der Waals surface area contributed by atoms with Crippen LogP contribution in [0.5, 0.6) is 11.5 Å². The van der Waals surface area contributed by atoms with Gasteiger partial charge in [0.25, 0.3) is 5.56 Å². The molecule has 5 nitrogen and oxygen atoms in total. The Bertz CT molecular complexity index is 812. The van der Waals surface area contributed by atoms with Crippen LogP contribution < -0.4 is 15.0 Å². The van der Waals surface area contributed by atoms with Crippen LogP contribution in [0.25, 0.3) is 0 Å². The standard InChI is InChI=1S/C16H15FN2O3/c1-10(18-2)12-6-13(17)16(20)19(8-12)7-11-3-4-14-15(5-11)22-9-21-14/h3-6,8H,7,9H2,1-2H3. The minimum Gasteiger partial charge on any atom is -0.454 e. The smallest absolute Gasteiger partial charge is 0.286 e. The molecule has 1 aromatic heterocycles. The van der Waals surface area contributed by atoms with Crippen LogP contribution in [-0.2, 0) is 6.54 Å². The Hall–Kier alpha value is -2.63. The van der Waals surface area contributed by atoms with Gasteiger partial charge in [-0.15, -0.1) is 0 Å². The minimum atomic E-state index is -0.791. The molecule has 3 rings (SSSR count). The lowest BCUT2D eigenvalue weighted by Crippen LogP contribution is -2.24. The summed E-state index contributed by atoms with van der Waals surface area (Å²) in [5.41, 5.74) is 1.41. The molecule has 0 saturated carbocycles. The molecule has 2 aromatic rings. The number of rotatable bonds is 3. The van der Waals surface area contributed by atoms with E-state index in [0.29, 0.717) is 22.8 Å². The lowest BCUT2D eigenvalue weighted by molar-refractivity contribution is 0.174. The highest BCUT2D eigenvalue weighted by atomic mass is 19.1. The number of aliphatic imine (C=N–C) groups is 1. The quantitative estimate of drug-likeness (QED) is 0.817. The molecule has 1 aliphatic heterocycles. The topological polar surface area (TPSA) is 52.8 Å². The van der Waals surface area contributed by atoms with Gasteiger partial charge in [-0.25, -0.2) is 4.39 Å². The first-order valence-electron chi connectivity index (χ1n) is 6.81. The molecule has 6 heteroatoms. The molecule has 1 aliphatic rings. The second-order valence-electron chi connectivity index (χ2n) is 5.01. The Morgan fingerprint density at radius 1 is 1.32 bits per heavy atom. The van der Waals surface area contributed by atoms with Gasteiger partial charge in [0.05, 0.1) is 6.54 Å². The maximum atomic E-state index is 13.8. The Labute approximate surface area is 126 Å². The van der Waals surface area contributed by atoms with Crippen molar-refractivity contribution >= 4 is 5.71 Å². The molecule has 114 valence electrons. The summed E-state index contributed by atoms with van der Waals surface area (Å²) in [4.78, 5) is 16.0. The number of aromatic nitrogens is 1. The zero-order valence-electron chi connectivity index (χ0n) is 12.3. The summed E-state index contributed by atoms with van der Waals surface area (Å²) in [6.07, 6.45) is 1.61. The van der Waals surface area contributed by atoms with E-state index in [0.717, 1.165) is 5.56 Å². The Balaban J connectivity index is 1.98. The van der Waals surface area contributed by atoms with Crippen LogP contribution in [0.3, 0.4) is 0 Å². The number of benzene rings is 1. The second kappa shape index (κ2) is 5.63. The average molecular weight is 302 g/mol. The van der Waals surface area contributed by atoms with Gasteiger partial charge in [0.1, 0.15) is 0 Å². The summed E-state index contributed by atoms with van der Waals surface area (Å²) in [5.74, 6) is 0.514. The van der Waals surface area contributed by atoms with Crippen molar-refractivity contribution in [2.24, 2.45) is 4.99 Å². The van der Waals surface area contributed by atoms with E-state index in [9.17, 15) is 9.18 Å². The van der Waals surface area contributed by atoms with Gasteiger partial charge in [-0.2, -0.15) is 0 Å². The number of pyridine rings is 1. The lowest BCUT2D eigenvalue weighted by atomic mass is 10.1. The van der Waals surface area contributed by atoms with Gasteiger partial charge in [0, 0.05) is 24.5 Å². The predicted octanol–water partition coefficient (Wildman–Crippen LogP) is 2.20. The number of hydrogen-bond acceptors (Lipinski definition) is 4. The number of hydrogen-bond donors (Lipinski definition) is 0. The van der Waals surface area contributed by atoms with E-state index in [1.807, 2.05) is 6.07 Å². The van der Waals surface area contributed by atoms with Crippen molar-refractivity contribution in [1.82, 2.24) is 4.57 Å². The van der Waals surface area contributed by atoms with Crippen LogP contribution >= 0.6 is 0 Å². The van der Waals surface area contributed by atoms with Crippen molar-refractivity contribution in [2.75, 3.05) is 13.8 Å². The maximum absolute atomic E-state index is 13.8. The van der Waals surface area contributed by atoms with Crippen LogP contribution in [0.2, 0.25) is 0 Å². The van der Waals surface area contributed by atoms with Gasteiger partial charge in [0.2, 0.25) is 6.79 Å². The van der Waals surface area contributed by atoms with Crippen molar-refractivity contribution in [2.45, 2.75) is 13.5 Å². The second-order valence-corrected chi connectivity index (χ2v) is 5.01. The molecule has 0 bridgehead atoms. The summed E-state index contributed by atoms with van der Waals surface area (Å²) < 4.78 is 25.7. The molecule has 0 fully saturated rings. The van der Waals surface area contributed by atoms with Gasteiger partial charge in [-0.1, -0.05) is 6.07 Å². The first-order chi connectivity index (χ1) is 10.6. The van der Waals surface area contributed by atoms with Gasteiger partial charge < -0.3 is 14.0 Å². The molecule has 22 heavy (non-hydrogen) atoms. The zero-order valence-corrected chi connectivity index (χ0v) is 12.3. The van der Waals surface area contributed by atoms with Crippen LogP contribution in [0, 0.1) is 5.82 Å².